The van der Waals surface area contributed by atoms with E-state index >= 15 is 0 Å². The van der Waals surface area contributed by atoms with Gasteiger partial charge in [-0.2, -0.15) is 0 Å². The third kappa shape index (κ3) is 3.77. The summed E-state index contributed by atoms with van der Waals surface area (Å²) < 4.78 is 4.81. The Morgan fingerprint density at radius 2 is 1.53 bits per heavy atom. The molecule has 1 aliphatic rings. The summed E-state index contributed by atoms with van der Waals surface area (Å²) in [5.41, 5.74) is 9.08. The van der Waals surface area contributed by atoms with Crippen LogP contribution < -0.4 is 4.57 Å². The number of benzene rings is 3. The van der Waals surface area contributed by atoms with Gasteiger partial charge in [0, 0.05) is 17.4 Å². The average molecular weight is 507 g/mol. The van der Waals surface area contributed by atoms with Crippen molar-refractivity contribution in [3.05, 3.63) is 89.2 Å². The van der Waals surface area contributed by atoms with Gasteiger partial charge in [-0.15, -0.1) is 0 Å². The van der Waals surface area contributed by atoms with Gasteiger partial charge in [-0.05, 0) is 77.6 Å². The van der Waals surface area contributed by atoms with Gasteiger partial charge in [0.05, 0.1) is 11.1 Å². The van der Waals surface area contributed by atoms with E-state index in [0.717, 1.165) is 18.7 Å². The molecular weight excluding hydrogens is 462 g/mol. The molecule has 0 N–H and O–H groups in total. The molecule has 3 nitrogen and oxygen atoms in total. The summed E-state index contributed by atoms with van der Waals surface area (Å²) in [4.78, 5) is 0. The highest BCUT2D eigenvalue weighted by molar-refractivity contribution is 5.69. The zero-order valence-corrected chi connectivity index (χ0v) is 24.8. The van der Waals surface area contributed by atoms with E-state index in [1.807, 2.05) is 0 Å². The third-order valence-corrected chi connectivity index (χ3v) is 9.59. The van der Waals surface area contributed by atoms with Gasteiger partial charge in [0.15, 0.2) is 0 Å². The van der Waals surface area contributed by atoms with Crippen molar-refractivity contribution in [2.45, 2.75) is 97.9 Å². The smallest absolute Gasteiger partial charge is 0.221 e. The molecular formula is C35H44N3+. The quantitative estimate of drug-likeness (QED) is 0.239. The Bertz CT molecular complexity index is 1480. The maximum absolute atomic E-state index is 5.29. The first-order valence-corrected chi connectivity index (χ1v) is 14.4. The molecule has 4 aromatic rings. The second kappa shape index (κ2) is 9.52. The molecule has 0 amide bonds. The highest BCUT2D eigenvalue weighted by Gasteiger charge is 2.56. The third-order valence-electron chi connectivity index (χ3n) is 9.59. The summed E-state index contributed by atoms with van der Waals surface area (Å²) in [6, 6.07) is 24.8. The number of aromatic nitrogens is 3. The van der Waals surface area contributed by atoms with E-state index in [0.29, 0.717) is 11.8 Å². The van der Waals surface area contributed by atoms with Gasteiger partial charge in [0.1, 0.15) is 5.69 Å². The topological polar surface area (TPSA) is 21.7 Å². The van der Waals surface area contributed by atoms with Crippen LogP contribution in [0.4, 0.5) is 0 Å². The van der Waals surface area contributed by atoms with Crippen LogP contribution in [0.25, 0.3) is 28.2 Å². The molecule has 3 heteroatoms. The van der Waals surface area contributed by atoms with Gasteiger partial charge in [-0.1, -0.05) is 102 Å². The standard InChI is InChI=1S/C35H44N3/c1-10-34(8)31-22-27(23(3)4)17-19-29(31)33-37(35(34,9)11-2)25(7)36-38(33)32-20-18-28(21-30(32)24(5)6)26-15-13-12-14-16-26/h12-24H,10-11H2,1-9H3/q+1. The monoisotopic (exact) mass is 506 g/mol. The lowest BCUT2D eigenvalue weighted by atomic mass is 9.61. The molecule has 5 rings (SSSR count). The van der Waals surface area contributed by atoms with Crippen molar-refractivity contribution in [2.24, 2.45) is 0 Å². The summed E-state index contributed by atoms with van der Waals surface area (Å²) in [6.45, 7) is 21.0. The average Bonchev–Trinajstić information content (AvgIpc) is 3.28. The van der Waals surface area contributed by atoms with E-state index in [1.165, 1.54) is 44.9 Å². The second-order valence-electron chi connectivity index (χ2n) is 12.2. The number of fused-ring (bicyclic) bond motifs is 3. The number of hydrogen-bond donors (Lipinski definition) is 0. The van der Waals surface area contributed by atoms with Crippen molar-refractivity contribution in [3.8, 4) is 28.2 Å². The van der Waals surface area contributed by atoms with Gasteiger partial charge >= 0.3 is 0 Å². The van der Waals surface area contributed by atoms with Crippen molar-refractivity contribution in [3.63, 3.8) is 0 Å². The van der Waals surface area contributed by atoms with E-state index in [9.17, 15) is 0 Å². The molecule has 2 unspecified atom stereocenters. The van der Waals surface area contributed by atoms with Crippen LogP contribution in [0.2, 0.25) is 0 Å². The van der Waals surface area contributed by atoms with Crippen molar-refractivity contribution < 1.29 is 4.57 Å². The van der Waals surface area contributed by atoms with E-state index in [1.54, 1.807) is 0 Å². The van der Waals surface area contributed by atoms with Crippen molar-refractivity contribution >= 4 is 0 Å². The molecule has 1 aliphatic heterocycles. The molecule has 0 spiro atoms. The van der Waals surface area contributed by atoms with Crippen molar-refractivity contribution in [2.75, 3.05) is 0 Å². The normalized spacial score (nSPS) is 20.6. The van der Waals surface area contributed by atoms with E-state index < -0.39 is 0 Å². The van der Waals surface area contributed by atoms with Gasteiger partial charge in [-0.3, -0.25) is 0 Å². The van der Waals surface area contributed by atoms with Crippen LogP contribution in [-0.2, 0) is 11.0 Å². The minimum absolute atomic E-state index is 0.00365. The summed E-state index contributed by atoms with van der Waals surface area (Å²) in [6.07, 6.45) is 2.11. The Balaban J connectivity index is 1.83. The first-order valence-electron chi connectivity index (χ1n) is 14.4. The zero-order valence-electron chi connectivity index (χ0n) is 24.8. The SMILES string of the molecule is CCC1(C)c2cc(C(C)C)ccc2-c2n(-c3ccc(-c4ccccc4)cc3C(C)C)nc(C)[n+]2C1(C)CC. The first-order chi connectivity index (χ1) is 18.1. The molecule has 0 saturated carbocycles. The number of nitrogens with zero attached hydrogens (tertiary/aromatic N) is 3. The first kappa shape index (κ1) is 26.4. The predicted octanol–water partition coefficient (Wildman–Crippen LogP) is 8.86. The molecule has 0 fully saturated rings. The van der Waals surface area contributed by atoms with Crippen molar-refractivity contribution in [1.82, 2.24) is 9.78 Å². The molecule has 3 aromatic carbocycles. The van der Waals surface area contributed by atoms with E-state index in [-0.39, 0.29) is 11.0 Å². The molecule has 0 bridgehead atoms. The maximum atomic E-state index is 5.29. The van der Waals surface area contributed by atoms with Crippen LogP contribution in [0, 0.1) is 6.92 Å². The van der Waals surface area contributed by atoms with Gasteiger partial charge in [0.2, 0.25) is 0 Å². The lowest BCUT2D eigenvalue weighted by molar-refractivity contribution is -0.770. The van der Waals surface area contributed by atoms with Crippen LogP contribution in [0.15, 0.2) is 66.7 Å². The molecule has 2 heterocycles. The Kier molecular flexibility index (Phi) is 6.62. The number of aryl methyl sites for hydroxylation is 1. The molecule has 1 aromatic heterocycles. The molecule has 2 atom stereocenters. The van der Waals surface area contributed by atoms with Crippen LogP contribution in [0.3, 0.4) is 0 Å². The predicted molar refractivity (Wildman–Crippen MR) is 159 cm³/mol. The summed E-state index contributed by atoms with van der Waals surface area (Å²) in [5, 5.41) is 5.29. The fraction of sp³-hybridized carbons (Fsp3) is 0.429. The van der Waals surface area contributed by atoms with Crippen LogP contribution in [-0.4, -0.2) is 9.78 Å². The van der Waals surface area contributed by atoms with Gasteiger partial charge in [-0.25, -0.2) is 4.57 Å². The molecule has 0 saturated heterocycles. The van der Waals surface area contributed by atoms with E-state index in [2.05, 4.69) is 138 Å². The second-order valence-corrected chi connectivity index (χ2v) is 12.2. The molecule has 0 radical (unpaired) electrons. The minimum atomic E-state index is -0.0933. The maximum Gasteiger partial charge on any atom is 0.275 e. The Hall–Kier alpha value is -3.20. The fourth-order valence-electron chi connectivity index (χ4n) is 6.73. The molecule has 38 heavy (non-hydrogen) atoms. The zero-order chi connectivity index (χ0) is 27.4. The minimum Gasteiger partial charge on any atom is -0.221 e. The highest BCUT2D eigenvalue weighted by Crippen LogP contribution is 2.51. The van der Waals surface area contributed by atoms with Crippen molar-refractivity contribution in [1.29, 1.82) is 0 Å². The number of hydrogen-bond acceptors (Lipinski definition) is 1. The molecule has 0 aliphatic carbocycles. The largest absolute Gasteiger partial charge is 0.275 e. The lowest BCUT2D eigenvalue weighted by Crippen LogP contribution is -2.68. The van der Waals surface area contributed by atoms with Crippen LogP contribution >= 0.6 is 0 Å². The van der Waals surface area contributed by atoms with E-state index in [4.69, 9.17) is 5.10 Å². The molecule has 198 valence electrons. The summed E-state index contributed by atoms with van der Waals surface area (Å²) in [7, 11) is 0. The summed E-state index contributed by atoms with van der Waals surface area (Å²) in [5.74, 6) is 3.14. The Morgan fingerprint density at radius 3 is 2.13 bits per heavy atom. The van der Waals surface area contributed by atoms with Gasteiger partial charge < -0.3 is 0 Å². The van der Waals surface area contributed by atoms with Gasteiger partial charge in [0.25, 0.3) is 11.6 Å². The Labute approximate surface area is 229 Å². The van der Waals surface area contributed by atoms with Crippen LogP contribution in [0.1, 0.15) is 103 Å². The number of rotatable bonds is 6. The summed E-state index contributed by atoms with van der Waals surface area (Å²) >= 11 is 0. The highest BCUT2D eigenvalue weighted by atomic mass is 15.4. The Morgan fingerprint density at radius 1 is 0.816 bits per heavy atom. The lowest BCUT2D eigenvalue weighted by Gasteiger charge is -2.49. The fourth-order valence-corrected chi connectivity index (χ4v) is 6.73. The van der Waals surface area contributed by atoms with Crippen LogP contribution in [0.5, 0.6) is 0 Å².